The van der Waals surface area contributed by atoms with Gasteiger partial charge in [-0.1, -0.05) is 0 Å². The zero-order valence-corrected chi connectivity index (χ0v) is 11.5. The van der Waals surface area contributed by atoms with Gasteiger partial charge in [0.2, 0.25) is 0 Å². The van der Waals surface area contributed by atoms with Gasteiger partial charge in [0.1, 0.15) is 28.7 Å². The van der Waals surface area contributed by atoms with Gasteiger partial charge >= 0.3 is 0 Å². The molecule has 5 heteroatoms. The van der Waals surface area contributed by atoms with Crippen molar-refractivity contribution in [3.8, 4) is 23.0 Å². The highest BCUT2D eigenvalue weighted by molar-refractivity contribution is 5.92. The van der Waals surface area contributed by atoms with E-state index in [0.717, 1.165) is 0 Å². The van der Waals surface area contributed by atoms with Crippen molar-refractivity contribution in [2.24, 2.45) is 0 Å². The number of ketones is 1. The molecule has 0 N–H and O–H groups in total. The molecule has 0 atom stereocenters. The molecule has 0 spiro atoms. The number of carbonyl (C=O) groups excluding carboxylic acids is 1. The largest absolute Gasteiger partial charge is 0.496 e. The molecule has 2 rings (SSSR count). The Labute approximate surface area is 117 Å². The van der Waals surface area contributed by atoms with Crippen LogP contribution in [0.4, 0.5) is 0 Å². The highest BCUT2D eigenvalue weighted by Crippen LogP contribution is 2.30. The van der Waals surface area contributed by atoms with E-state index in [4.69, 9.17) is 14.2 Å². The van der Waals surface area contributed by atoms with Crippen molar-refractivity contribution in [3.63, 3.8) is 0 Å². The Morgan fingerprint density at radius 2 is 1.55 bits per heavy atom. The lowest BCUT2D eigenvalue weighted by atomic mass is 10.2. The maximum Gasteiger partial charge on any atom is 0.178 e. The standard InChI is InChI=1S/C15H15NO4/c1-10(17)15-5-4-11(9-16-15)20-14-7-12(18-2)6-13(8-14)19-3/h4-9H,1-3H3. The molecule has 0 aliphatic carbocycles. The Morgan fingerprint density at radius 3 is 2.00 bits per heavy atom. The van der Waals surface area contributed by atoms with E-state index in [2.05, 4.69) is 4.98 Å². The van der Waals surface area contributed by atoms with Gasteiger partial charge in [-0.05, 0) is 12.1 Å². The molecular formula is C15H15NO4. The summed E-state index contributed by atoms with van der Waals surface area (Å²) in [6, 6.07) is 8.54. The van der Waals surface area contributed by atoms with Crippen LogP contribution in [-0.4, -0.2) is 25.0 Å². The number of Topliss-reactive ketones (excluding diaryl/α,β-unsaturated/α-hetero) is 1. The monoisotopic (exact) mass is 273 g/mol. The highest BCUT2D eigenvalue weighted by atomic mass is 16.5. The minimum atomic E-state index is -0.0837. The van der Waals surface area contributed by atoms with Gasteiger partial charge in [0.05, 0.1) is 20.4 Å². The number of aromatic nitrogens is 1. The first-order chi connectivity index (χ1) is 9.62. The second kappa shape index (κ2) is 6.06. The van der Waals surface area contributed by atoms with Crippen LogP contribution in [0.5, 0.6) is 23.0 Å². The first kappa shape index (κ1) is 13.9. The second-order valence-corrected chi connectivity index (χ2v) is 4.09. The molecule has 0 bridgehead atoms. The third kappa shape index (κ3) is 3.26. The molecule has 0 fully saturated rings. The van der Waals surface area contributed by atoms with Gasteiger partial charge in [-0.3, -0.25) is 4.79 Å². The number of pyridine rings is 1. The van der Waals surface area contributed by atoms with Gasteiger partial charge in [-0.2, -0.15) is 0 Å². The number of carbonyl (C=O) groups is 1. The van der Waals surface area contributed by atoms with Crippen molar-refractivity contribution in [3.05, 3.63) is 42.2 Å². The molecule has 5 nitrogen and oxygen atoms in total. The minimum Gasteiger partial charge on any atom is -0.496 e. The summed E-state index contributed by atoms with van der Waals surface area (Å²) in [4.78, 5) is 15.2. The topological polar surface area (TPSA) is 57.7 Å². The third-order valence-electron chi connectivity index (χ3n) is 2.66. The number of ether oxygens (including phenoxy) is 3. The van der Waals surface area contributed by atoms with Gasteiger partial charge in [-0.25, -0.2) is 4.98 Å². The van der Waals surface area contributed by atoms with E-state index in [-0.39, 0.29) is 5.78 Å². The van der Waals surface area contributed by atoms with Crippen molar-refractivity contribution in [2.75, 3.05) is 14.2 Å². The number of benzene rings is 1. The van der Waals surface area contributed by atoms with Crippen molar-refractivity contribution in [1.29, 1.82) is 0 Å². The first-order valence-corrected chi connectivity index (χ1v) is 6.00. The average molecular weight is 273 g/mol. The third-order valence-corrected chi connectivity index (χ3v) is 2.66. The van der Waals surface area contributed by atoms with E-state index in [1.807, 2.05) is 0 Å². The number of methoxy groups -OCH3 is 2. The molecule has 1 aromatic heterocycles. The zero-order valence-electron chi connectivity index (χ0n) is 11.5. The number of hydrogen-bond acceptors (Lipinski definition) is 5. The van der Waals surface area contributed by atoms with Crippen molar-refractivity contribution in [2.45, 2.75) is 6.92 Å². The van der Waals surface area contributed by atoms with E-state index in [9.17, 15) is 4.79 Å². The van der Waals surface area contributed by atoms with E-state index in [1.165, 1.54) is 13.1 Å². The molecule has 0 aliphatic rings. The lowest BCUT2D eigenvalue weighted by molar-refractivity contribution is 0.101. The predicted molar refractivity (Wildman–Crippen MR) is 73.9 cm³/mol. The van der Waals surface area contributed by atoms with Crippen LogP contribution in [0.1, 0.15) is 17.4 Å². The molecule has 0 amide bonds. The summed E-state index contributed by atoms with van der Waals surface area (Å²) in [5, 5.41) is 0. The molecule has 0 aliphatic heterocycles. The van der Waals surface area contributed by atoms with Crippen LogP contribution in [0.25, 0.3) is 0 Å². The molecule has 1 aromatic carbocycles. The maximum atomic E-state index is 11.1. The summed E-state index contributed by atoms with van der Waals surface area (Å²) in [5.74, 6) is 2.28. The average Bonchev–Trinajstić information content (AvgIpc) is 2.47. The van der Waals surface area contributed by atoms with Gasteiger partial charge in [0, 0.05) is 25.1 Å². The minimum absolute atomic E-state index is 0.0837. The number of nitrogens with zero attached hydrogens (tertiary/aromatic N) is 1. The number of hydrogen-bond donors (Lipinski definition) is 0. The summed E-state index contributed by atoms with van der Waals surface area (Å²) in [7, 11) is 3.14. The Hall–Kier alpha value is -2.56. The summed E-state index contributed by atoms with van der Waals surface area (Å²) in [6.45, 7) is 1.47. The van der Waals surface area contributed by atoms with E-state index >= 15 is 0 Å². The summed E-state index contributed by atoms with van der Waals surface area (Å²) in [5.41, 5.74) is 0.403. The predicted octanol–water partition coefficient (Wildman–Crippen LogP) is 3.09. The quantitative estimate of drug-likeness (QED) is 0.783. The summed E-state index contributed by atoms with van der Waals surface area (Å²) >= 11 is 0. The van der Waals surface area contributed by atoms with Gasteiger partial charge in [0.25, 0.3) is 0 Å². The molecule has 20 heavy (non-hydrogen) atoms. The summed E-state index contributed by atoms with van der Waals surface area (Å²) in [6.07, 6.45) is 1.50. The first-order valence-electron chi connectivity index (χ1n) is 6.00. The van der Waals surface area contributed by atoms with Gasteiger partial charge in [-0.15, -0.1) is 0 Å². The fourth-order valence-electron chi connectivity index (χ4n) is 1.63. The lowest BCUT2D eigenvalue weighted by Gasteiger charge is -2.09. The molecule has 2 aromatic rings. The normalized spacial score (nSPS) is 9.95. The van der Waals surface area contributed by atoms with Crippen LogP contribution in [-0.2, 0) is 0 Å². The van der Waals surface area contributed by atoms with Crippen molar-refractivity contribution < 1.29 is 19.0 Å². The van der Waals surface area contributed by atoms with E-state index < -0.39 is 0 Å². The smallest absolute Gasteiger partial charge is 0.178 e. The lowest BCUT2D eigenvalue weighted by Crippen LogP contribution is -1.96. The van der Waals surface area contributed by atoms with E-state index in [0.29, 0.717) is 28.7 Å². The maximum absolute atomic E-state index is 11.1. The van der Waals surface area contributed by atoms with Crippen LogP contribution in [0.15, 0.2) is 36.5 Å². The second-order valence-electron chi connectivity index (χ2n) is 4.09. The van der Waals surface area contributed by atoms with Crippen molar-refractivity contribution in [1.82, 2.24) is 4.98 Å². The van der Waals surface area contributed by atoms with Crippen LogP contribution in [0.2, 0.25) is 0 Å². The molecule has 104 valence electrons. The Bertz CT molecular complexity index is 586. The number of rotatable bonds is 5. The van der Waals surface area contributed by atoms with E-state index in [1.54, 1.807) is 44.6 Å². The van der Waals surface area contributed by atoms with Crippen LogP contribution in [0.3, 0.4) is 0 Å². The fraction of sp³-hybridized carbons (Fsp3) is 0.200. The summed E-state index contributed by atoms with van der Waals surface area (Å²) < 4.78 is 16.0. The Morgan fingerprint density at radius 1 is 0.950 bits per heavy atom. The van der Waals surface area contributed by atoms with Crippen LogP contribution in [0, 0.1) is 0 Å². The zero-order chi connectivity index (χ0) is 14.5. The van der Waals surface area contributed by atoms with Gasteiger partial charge < -0.3 is 14.2 Å². The highest BCUT2D eigenvalue weighted by Gasteiger charge is 2.06. The van der Waals surface area contributed by atoms with Crippen LogP contribution < -0.4 is 14.2 Å². The van der Waals surface area contributed by atoms with Crippen LogP contribution >= 0.6 is 0 Å². The molecule has 1 heterocycles. The Kier molecular flexibility index (Phi) is 4.20. The fourth-order valence-corrected chi connectivity index (χ4v) is 1.63. The van der Waals surface area contributed by atoms with Crippen molar-refractivity contribution >= 4 is 5.78 Å². The molecule has 0 radical (unpaired) electrons. The SMILES string of the molecule is COc1cc(OC)cc(Oc2ccc(C(C)=O)nc2)c1. The molecule has 0 saturated heterocycles. The Balaban J connectivity index is 2.22. The molecule has 0 saturated carbocycles. The molecule has 0 unspecified atom stereocenters. The van der Waals surface area contributed by atoms with Gasteiger partial charge in [0.15, 0.2) is 5.78 Å². The molecular weight excluding hydrogens is 258 g/mol.